The molecular formula is C15H19ClN4O. The van der Waals surface area contributed by atoms with Gasteiger partial charge in [-0.25, -0.2) is 9.97 Å². The van der Waals surface area contributed by atoms with Gasteiger partial charge in [0.05, 0.1) is 0 Å². The number of imidazole rings is 1. The molecule has 1 amide bonds. The van der Waals surface area contributed by atoms with Gasteiger partial charge >= 0.3 is 0 Å². The number of amides is 1. The molecule has 0 unspecified atom stereocenters. The van der Waals surface area contributed by atoms with Crippen LogP contribution in [0.4, 0.5) is 5.95 Å². The van der Waals surface area contributed by atoms with Crippen LogP contribution in [0.5, 0.6) is 0 Å². The van der Waals surface area contributed by atoms with Crippen LogP contribution in [0.25, 0.3) is 11.2 Å². The van der Waals surface area contributed by atoms with E-state index in [0.717, 1.165) is 0 Å². The monoisotopic (exact) mass is 306 g/mol. The minimum absolute atomic E-state index is 0.0748. The number of hydrogen-bond donors (Lipinski definition) is 1. The lowest BCUT2D eigenvalue weighted by Crippen LogP contribution is -2.21. The normalized spacial score (nSPS) is 11.6. The standard InChI is InChI=1S/C15H19ClN4O/c1-5-8-20-13-10(6-7-11(16)18-13)17-14(20)19-12(21)9-15(2,3)4/h5-7H,1,8-9H2,2-4H3,(H,17,19,21). The zero-order valence-corrected chi connectivity index (χ0v) is 13.2. The molecule has 0 saturated heterocycles. The van der Waals surface area contributed by atoms with Crippen molar-refractivity contribution in [1.29, 1.82) is 0 Å². The molecule has 0 aliphatic rings. The number of allylic oxidation sites excluding steroid dienone is 1. The van der Waals surface area contributed by atoms with Gasteiger partial charge in [0.1, 0.15) is 10.7 Å². The highest BCUT2D eigenvalue weighted by Gasteiger charge is 2.19. The first-order valence-corrected chi connectivity index (χ1v) is 7.11. The van der Waals surface area contributed by atoms with Crippen LogP contribution in [0.2, 0.25) is 5.15 Å². The predicted molar refractivity (Wildman–Crippen MR) is 85.4 cm³/mol. The van der Waals surface area contributed by atoms with E-state index >= 15 is 0 Å². The molecule has 1 N–H and O–H groups in total. The van der Waals surface area contributed by atoms with E-state index in [4.69, 9.17) is 11.6 Å². The van der Waals surface area contributed by atoms with Crippen LogP contribution in [0.1, 0.15) is 27.2 Å². The van der Waals surface area contributed by atoms with Gasteiger partial charge in [-0.1, -0.05) is 38.4 Å². The van der Waals surface area contributed by atoms with Gasteiger partial charge in [0.2, 0.25) is 11.9 Å². The number of carbonyl (C=O) groups excluding carboxylic acids is 1. The Morgan fingerprint density at radius 1 is 1.43 bits per heavy atom. The Balaban J connectivity index is 2.36. The molecule has 2 aromatic rings. The average Bonchev–Trinajstić information content (AvgIpc) is 2.65. The summed E-state index contributed by atoms with van der Waals surface area (Å²) in [6.07, 6.45) is 2.14. The highest BCUT2D eigenvalue weighted by Crippen LogP contribution is 2.22. The van der Waals surface area contributed by atoms with Crippen molar-refractivity contribution in [2.24, 2.45) is 5.41 Å². The number of pyridine rings is 1. The predicted octanol–water partition coefficient (Wildman–Crippen LogP) is 3.65. The largest absolute Gasteiger partial charge is 0.296 e. The number of nitrogens with zero attached hydrogens (tertiary/aromatic N) is 3. The highest BCUT2D eigenvalue weighted by atomic mass is 35.5. The third kappa shape index (κ3) is 3.82. The second kappa shape index (κ2) is 5.85. The summed E-state index contributed by atoms with van der Waals surface area (Å²) in [7, 11) is 0. The SMILES string of the molecule is C=CCn1c(NC(=O)CC(C)(C)C)nc2ccc(Cl)nc21. The number of anilines is 1. The van der Waals surface area contributed by atoms with Crippen molar-refractivity contribution in [2.45, 2.75) is 33.7 Å². The molecule has 2 rings (SSSR count). The van der Waals surface area contributed by atoms with Gasteiger partial charge < -0.3 is 0 Å². The number of nitrogens with one attached hydrogen (secondary N) is 1. The van der Waals surface area contributed by atoms with Crippen molar-refractivity contribution in [2.75, 3.05) is 5.32 Å². The maximum Gasteiger partial charge on any atom is 0.227 e. The Bertz CT molecular complexity index is 685. The highest BCUT2D eigenvalue weighted by molar-refractivity contribution is 6.29. The molecule has 0 fully saturated rings. The van der Waals surface area contributed by atoms with Crippen LogP contribution < -0.4 is 5.32 Å². The Morgan fingerprint density at radius 3 is 2.76 bits per heavy atom. The lowest BCUT2D eigenvalue weighted by atomic mass is 9.92. The molecule has 0 radical (unpaired) electrons. The molecule has 0 aromatic carbocycles. The van der Waals surface area contributed by atoms with Gasteiger partial charge in [-0.15, -0.1) is 6.58 Å². The van der Waals surface area contributed by atoms with Crippen LogP contribution in [0.15, 0.2) is 24.8 Å². The van der Waals surface area contributed by atoms with E-state index in [1.807, 2.05) is 20.8 Å². The molecule has 0 bridgehead atoms. The molecular weight excluding hydrogens is 288 g/mol. The average molecular weight is 307 g/mol. The molecule has 112 valence electrons. The van der Waals surface area contributed by atoms with Gasteiger partial charge in [-0.05, 0) is 17.5 Å². The van der Waals surface area contributed by atoms with E-state index in [9.17, 15) is 4.79 Å². The van der Waals surface area contributed by atoms with Gasteiger partial charge in [-0.2, -0.15) is 0 Å². The van der Waals surface area contributed by atoms with Crippen molar-refractivity contribution in [3.63, 3.8) is 0 Å². The number of carbonyl (C=O) groups is 1. The van der Waals surface area contributed by atoms with E-state index < -0.39 is 0 Å². The van der Waals surface area contributed by atoms with Crippen molar-refractivity contribution in [3.05, 3.63) is 29.9 Å². The Kier molecular flexibility index (Phi) is 4.32. The fourth-order valence-corrected chi connectivity index (χ4v) is 2.17. The molecule has 0 spiro atoms. The van der Waals surface area contributed by atoms with E-state index in [-0.39, 0.29) is 11.3 Å². The first-order valence-electron chi connectivity index (χ1n) is 6.74. The Hall–Kier alpha value is -1.88. The molecule has 0 aliphatic heterocycles. The van der Waals surface area contributed by atoms with Crippen LogP contribution in [-0.4, -0.2) is 20.4 Å². The van der Waals surface area contributed by atoms with Crippen LogP contribution in [-0.2, 0) is 11.3 Å². The van der Waals surface area contributed by atoms with Crippen LogP contribution in [0.3, 0.4) is 0 Å². The summed E-state index contributed by atoms with van der Waals surface area (Å²) >= 11 is 5.93. The Morgan fingerprint density at radius 2 is 2.14 bits per heavy atom. The zero-order valence-electron chi connectivity index (χ0n) is 12.5. The molecule has 0 aliphatic carbocycles. The van der Waals surface area contributed by atoms with Crippen molar-refractivity contribution >= 4 is 34.6 Å². The Labute approximate surface area is 129 Å². The summed E-state index contributed by atoms with van der Waals surface area (Å²) in [6, 6.07) is 3.46. The molecule has 5 nitrogen and oxygen atoms in total. The van der Waals surface area contributed by atoms with E-state index in [0.29, 0.717) is 35.2 Å². The maximum atomic E-state index is 12.1. The number of rotatable bonds is 4. The number of aromatic nitrogens is 3. The summed E-state index contributed by atoms with van der Waals surface area (Å²) in [5, 5.41) is 3.23. The zero-order chi connectivity index (χ0) is 15.6. The van der Waals surface area contributed by atoms with Gasteiger partial charge in [-0.3, -0.25) is 14.7 Å². The number of hydrogen-bond acceptors (Lipinski definition) is 3. The van der Waals surface area contributed by atoms with E-state index in [1.165, 1.54) is 0 Å². The molecule has 21 heavy (non-hydrogen) atoms. The topological polar surface area (TPSA) is 59.8 Å². The molecule has 2 aromatic heterocycles. The quantitative estimate of drug-likeness (QED) is 0.693. The number of halogens is 1. The maximum absolute atomic E-state index is 12.1. The molecule has 2 heterocycles. The first-order chi connectivity index (χ1) is 9.80. The second-order valence-corrected chi connectivity index (χ2v) is 6.48. The van der Waals surface area contributed by atoms with Crippen LogP contribution >= 0.6 is 11.6 Å². The van der Waals surface area contributed by atoms with Crippen LogP contribution in [0, 0.1) is 5.41 Å². The smallest absolute Gasteiger partial charge is 0.227 e. The summed E-state index contributed by atoms with van der Waals surface area (Å²) in [5.74, 6) is 0.392. The second-order valence-electron chi connectivity index (χ2n) is 6.10. The minimum Gasteiger partial charge on any atom is -0.296 e. The van der Waals surface area contributed by atoms with Gasteiger partial charge in [0.15, 0.2) is 5.65 Å². The lowest BCUT2D eigenvalue weighted by Gasteiger charge is -2.17. The lowest BCUT2D eigenvalue weighted by molar-refractivity contribution is -0.117. The fraction of sp³-hybridized carbons (Fsp3) is 0.400. The summed E-state index contributed by atoms with van der Waals surface area (Å²) in [4.78, 5) is 20.8. The van der Waals surface area contributed by atoms with E-state index in [1.54, 1.807) is 22.8 Å². The van der Waals surface area contributed by atoms with E-state index in [2.05, 4.69) is 21.9 Å². The summed E-state index contributed by atoms with van der Waals surface area (Å²) in [6.45, 7) is 10.3. The number of fused-ring (bicyclic) bond motifs is 1. The molecule has 0 saturated carbocycles. The van der Waals surface area contributed by atoms with Crippen molar-refractivity contribution in [3.8, 4) is 0 Å². The third-order valence-electron chi connectivity index (χ3n) is 2.81. The molecule has 6 heteroatoms. The third-order valence-corrected chi connectivity index (χ3v) is 3.02. The van der Waals surface area contributed by atoms with Gasteiger partial charge in [0.25, 0.3) is 0 Å². The summed E-state index contributed by atoms with van der Waals surface area (Å²) in [5.41, 5.74) is 1.24. The van der Waals surface area contributed by atoms with Crippen molar-refractivity contribution in [1.82, 2.24) is 14.5 Å². The minimum atomic E-state index is -0.0824. The molecule has 0 atom stereocenters. The van der Waals surface area contributed by atoms with Gasteiger partial charge in [0, 0.05) is 13.0 Å². The fourth-order valence-electron chi connectivity index (χ4n) is 2.03. The first kappa shape index (κ1) is 15.5. The van der Waals surface area contributed by atoms with Crippen molar-refractivity contribution < 1.29 is 4.79 Å². The summed E-state index contributed by atoms with van der Waals surface area (Å²) < 4.78 is 1.79.